The highest BCUT2D eigenvalue weighted by Gasteiger charge is 2.18. The van der Waals surface area contributed by atoms with Gasteiger partial charge in [-0.2, -0.15) is 34.0 Å². The number of nitrogens with zero attached hydrogens (tertiary/aromatic N) is 6. The third kappa shape index (κ3) is 13.8. The van der Waals surface area contributed by atoms with Crippen molar-refractivity contribution in [2.75, 3.05) is 30.7 Å². The summed E-state index contributed by atoms with van der Waals surface area (Å²) in [4.78, 5) is 10.7. The van der Waals surface area contributed by atoms with Gasteiger partial charge in [-0.3, -0.25) is 9.35 Å². The number of aliphatic carboxylic acids is 1. The third-order valence-electron chi connectivity index (χ3n) is 9.90. The molecular formula is C45H40N8O14S3. The van der Waals surface area contributed by atoms with Gasteiger partial charge in [0.1, 0.15) is 23.1 Å². The van der Waals surface area contributed by atoms with E-state index < -0.39 is 21.0 Å². The first kappa shape index (κ1) is 50.7. The molecule has 25 heteroatoms. The van der Waals surface area contributed by atoms with Gasteiger partial charge in [0.15, 0.2) is 12.5 Å². The summed E-state index contributed by atoms with van der Waals surface area (Å²) in [7, 11) is -4.65. The molecule has 7 rings (SSSR count). The molecule has 362 valence electrons. The number of azo groups is 3. The fourth-order valence-corrected chi connectivity index (χ4v) is 8.28. The van der Waals surface area contributed by atoms with E-state index in [1.807, 2.05) is 13.8 Å². The van der Waals surface area contributed by atoms with Crippen molar-refractivity contribution in [1.29, 1.82) is 0 Å². The van der Waals surface area contributed by atoms with Crippen LogP contribution in [0.3, 0.4) is 0 Å². The topological polar surface area (TPSA) is 306 Å². The molecule has 0 bridgehead atoms. The molecule has 0 aliphatic rings. The molecule has 0 radical (unpaired) electrons. The number of carboxylic acids is 1. The molecule has 0 amide bonds. The van der Waals surface area contributed by atoms with Gasteiger partial charge in [0.2, 0.25) is 0 Å². The summed E-state index contributed by atoms with van der Waals surface area (Å²) >= 11 is 1.16. The van der Waals surface area contributed by atoms with Crippen molar-refractivity contribution in [1.82, 2.24) is 0 Å². The summed E-state index contributed by atoms with van der Waals surface area (Å²) in [6.07, 6.45) is -0.0753. The molecular weight excluding hydrogens is 973 g/mol. The van der Waals surface area contributed by atoms with Gasteiger partial charge in [-0.15, -0.1) is 13.8 Å². The van der Waals surface area contributed by atoms with Gasteiger partial charge >= 0.3 is 5.97 Å². The van der Waals surface area contributed by atoms with E-state index >= 15 is 0 Å². The highest BCUT2D eigenvalue weighted by atomic mass is 32.2. The van der Waals surface area contributed by atoms with Crippen LogP contribution < -0.4 is 15.4 Å². The lowest BCUT2D eigenvalue weighted by Crippen LogP contribution is -2.10. The Labute approximate surface area is 406 Å². The summed E-state index contributed by atoms with van der Waals surface area (Å²) in [5.74, 6) is -0.526. The van der Waals surface area contributed by atoms with Gasteiger partial charge in [-0.25, -0.2) is 10.5 Å². The van der Waals surface area contributed by atoms with E-state index in [0.29, 0.717) is 80.1 Å². The molecule has 0 heterocycles. The Balaban J connectivity index is 0.982. The fraction of sp³-hybridized carbons (Fsp3) is 0.133. The van der Waals surface area contributed by atoms with Crippen molar-refractivity contribution < 1.29 is 66.7 Å². The fourth-order valence-electron chi connectivity index (χ4n) is 6.53. The van der Waals surface area contributed by atoms with Gasteiger partial charge < -0.3 is 30.3 Å². The Bertz CT molecular complexity index is 3220. The predicted octanol–water partition coefficient (Wildman–Crippen LogP) is 13.0. The standard InChI is InChI=1S/C45H40N8O14S3/c1-26-17-32(8-13-40(26)52-49-34-4-3-28-20-36(68-66-64-57)23-42(38(28)22-34)70(59,60)61)48-51-39-14-9-33(18-27(39)2)50-53-44-41(69-67-65-58)21-29-19-31(7-12-37(29)45(44)56)47-25-63-35-10-5-30(6-11-35)46-24-62-16-15-43(54)55/h3-14,17-23,46-47,56-58H,15-16,24-25H2,1-2H3,(H,54,55)(H,59,60,61). The quantitative estimate of drug-likeness (QED) is 0.00595. The van der Waals surface area contributed by atoms with Crippen LogP contribution in [0.15, 0.2) is 161 Å². The number of carboxylic acid groups (broad SMARTS) is 1. The Morgan fingerprint density at radius 2 is 1.26 bits per heavy atom. The van der Waals surface area contributed by atoms with Crippen LogP contribution in [-0.2, 0) is 38.4 Å². The van der Waals surface area contributed by atoms with Gasteiger partial charge in [-0.1, -0.05) is 16.1 Å². The zero-order chi connectivity index (χ0) is 49.6. The summed E-state index contributed by atoms with van der Waals surface area (Å²) in [5.41, 5.74) is 5.31. The van der Waals surface area contributed by atoms with Crippen molar-refractivity contribution in [3.63, 3.8) is 0 Å². The molecule has 0 aliphatic carbocycles. The van der Waals surface area contributed by atoms with Crippen LogP contribution in [0.2, 0.25) is 0 Å². The molecule has 0 unspecified atom stereocenters. The first-order valence-corrected chi connectivity index (χ1v) is 23.3. The van der Waals surface area contributed by atoms with E-state index in [0.717, 1.165) is 22.9 Å². The van der Waals surface area contributed by atoms with E-state index in [9.17, 15) is 22.9 Å². The second kappa shape index (κ2) is 23.9. The monoisotopic (exact) mass is 1010 g/mol. The molecule has 0 fully saturated rings. The average molecular weight is 1010 g/mol. The summed E-state index contributed by atoms with van der Waals surface area (Å²) in [6.45, 7) is 4.02. The van der Waals surface area contributed by atoms with Gasteiger partial charge in [-0.05, 0) is 145 Å². The highest BCUT2D eigenvalue weighted by molar-refractivity contribution is 7.95. The number of fused-ring (bicyclic) bond motifs is 2. The Hall–Kier alpha value is -7.14. The number of rotatable bonds is 23. The van der Waals surface area contributed by atoms with Gasteiger partial charge in [0.25, 0.3) is 10.1 Å². The maximum atomic E-state index is 12.2. The number of hydrogen-bond donors (Lipinski definition) is 7. The summed E-state index contributed by atoms with van der Waals surface area (Å²) in [6, 6.07) is 31.8. The smallest absolute Gasteiger partial charge is 0.305 e. The number of carbonyl (C=O) groups is 1. The van der Waals surface area contributed by atoms with Crippen molar-refractivity contribution in [2.24, 2.45) is 30.7 Å². The Kier molecular flexibility index (Phi) is 17.3. The molecule has 0 spiro atoms. The molecule has 0 saturated heterocycles. The van der Waals surface area contributed by atoms with Crippen LogP contribution in [0.4, 0.5) is 45.5 Å². The SMILES string of the molecule is Cc1cc(N=Nc2ccc(N=Nc3c(SOOO)cc4cc(NCOc5ccc(NCOCCC(=O)O)cc5)ccc4c3O)cc2C)ccc1N=Nc1ccc2cc(SOOO)cc(S(=O)(=O)O)c2c1. The summed E-state index contributed by atoms with van der Waals surface area (Å²) in [5, 5.41) is 78.8. The molecule has 0 aliphatic heterocycles. The van der Waals surface area contributed by atoms with Crippen LogP contribution in [0.5, 0.6) is 11.5 Å². The van der Waals surface area contributed by atoms with Gasteiger partial charge in [0.05, 0.1) is 70.4 Å². The van der Waals surface area contributed by atoms with Crippen LogP contribution in [0.1, 0.15) is 17.5 Å². The first-order valence-electron chi connectivity index (χ1n) is 20.4. The van der Waals surface area contributed by atoms with Crippen LogP contribution in [0.25, 0.3) is 21.5 Å². The molecule has 7 aromatic carbocycles. The van der Waals surface area contributed by atoms with Gasteiger partial charge in [0, 0.05) is 27.0 Å². The minimum absolute atomic E-state index is 0.0578. The average Bonchev–Trinajstić information content (AvgIpc) is 3.34. The Morgan fingerprint density at radius 3 is 1.90 bits per heavy atom. The van der Waals surface area contributed by atoms with Crippen LogP contribution in [-0.4, -0.2) is 59.7 Å². The van der Waals surface area contributed by atoms with E-state index in [-0.39, 0.29) is 53.1 Å². The van der Waals surface area contributed by atoms with E-state index in [1.165, 1.54) is 6.07 Å². The lowest BCUT2D eigenvalue weighted by Gasteiger charge is -2.13. The highest BCUT2D eigenvalue weighted by Crippen LogP contribution is 2.45. The number of aryl methyl sites for hydroxylation is 2. The molecule has 0 atom stereocenters. The number of hydrogen-bond acceptors (Lipinski definition) is 22. The second-order valence-corrected chi connectivity index (χ2v) is 17.6. The molecule has 7 N–H and O–H groups in total. The normalized spacial score (nSPS) is 12.0. The maximum Gasteiger partial charge on any atom is 0.305 e. The first-order chi connectivity index (χ1) is 33.8. The van der Waals surface area contributed by atoms with E-state index in [2.05, 4.69) is 55.7 Å². The maximum absolute atomic E-state index is 12.2. The van der Waals surface area contributed by atoms with Crippen LogP contribution in [0, 0.1) is 13.8 Å². The lowest BCUT2D eigenvalue weighted by molar-refractivity contribution is -0.432. The number of phenolic OH excluding ortho intramolecular Hbond substituents is 1. The second-order valence-electron chi connectivity index (χ2n) is 14.7. The minimum atomic E-state index is -4.65. The van der Waals surface area contributed by atoms with E-state index in [1.54, 1.807) is 103 Å². The third-order valence-corrected chi connectivity index (χ3v) is 12.0. The molecule has 22 nitrogen and oxygen atoms in total. The number of nitrogens with one attached hydrogen (secondary N) is 2. The number of anilines is 2. The van der Waals surface area contributed by atoms with Crippen LogP contribution >= 0.6 is 24.1 Å². The molecule has 70 heavy (non-hydrogen) atoms. The molecule has 0 saturated carbocycles. The predicted molar refractivity (Wildman–Crippen MR) is 258 cm³/mol. The minimum Gasteiger partial charge on any atom is -0.505 e. The Morgan fingerprint density at radius 1 is 0.643 bits per heavy atom. The number of ether oxygens (including phenoxy) is 2. The van der Waals surface area contributed by atoms with Crippen molar-refractivity contribution in [3.8, 4) is 11.5 Å². The van der Waals surface area contributed by atoms with Crippen molar-refractivity contribution in [3.05, 3.63) is 126 Å². The largest absolute Gasteiger partial charge is 0.505 e. The zero-order valence-corrected chi connectivity index (χ0v) is 39.1. The van der Waals surface area contributed by atoms with Crippen molar-refractivity contribution >= 4 is 107 Å². The number of aromatic hydroxyl groups is 1. The lowest BCUT2D eigenvalue weighted by atomic mass is 10.1. The summed E-state index contributed by atoms with van der Waals surface area (Å²) < 4.78 is 54.4. The molecule has 7 aromatic rings. The number of benzene rings is 7. The molecule has 0 aromatic heterocycles. The number of phenols is 1. The zero-order valence-electron chi connectivity index (χ0n) is 36.6. The van der Waals surface area contributed by atoms with E-state index in [4.69, 9.17) is 29.4 Å². The van der Waals surface area contributed by atoms with Crippen molar-refractivity contribution in [2.45, 2.75) is 35.0 Å².